The van der Waals surface area contributed by atoms with E-state index in [-0.39, 0.29) is 27.3 Å². The molecular formula is C15H9F2NO2S. The average Bonchev–Trinajstić information content (AvgIpc) is 2.47. The maximum Gasteiger partial charge on any atom is 0.264 e. The number of hydrogen-bond acceptors (Lipinski definition) is 4. The standard InChI is InChI=1S/C15H9F2NO2S/c16-14(17)9-5-2-1-4-8(9)11-13(19)12-10(21-15(11)20)6-3-7-18-12/h1-7,14,20H. The molecule has 3 nitrogen and oxygen atoms in total. The maximum absolute atomic E-state index is 13.1. The summed E-state index contributed by atoms with van der Waals surface area (Å²) < 4.78 is 26.7. The van der Waals surface area contributed by atoms with Crippen LogP contribution in [0.25, 0.3) is 21.3 Å². The van der Waals surface area contributed by atoms with Crippen LogP contribution in [0.3, 0.4) is 0 Å². The Morgan fingerprint density at radius 2 is 1.90 bits per heavy atom. The van der Waals surface area contributed by atoms with Crippen LogP contribution in [0.1, 0.15) is 12.0 Å². The molecule has 0 spiro atoms. The Morgan fingerprint density at radius 3 is 2.67 bits per heavy atom. The first-order valence-electron chi connectivity index (χ1n) is 6.08. The highest BCUT2D eigenvalue weighted by Crippen LogP contribution is 2.37. The number of pyridine rings is 1. The second-order valence-corrected chi connectivity index (χ2v) is 5.38. The van der Waals surface area contributed by atoms with Gasteiger partial charge in [-0.1, -0.05) is 35.6 Å². The Bertz CT molecular complexity index is 877. The van der Waals surface area contributed by atoms with Crippen LogP contribution in [-0.4, -0.2) is 10.1 Å². The topological polar surface area (TPSA) is 50.2 Å². The van der Waals surface area contributed by atoms with Crippen LogP contribution < -0.4 is 5.43 Å². The van der Waals surface area contributed by atoms with Gasteiger partial charge in [0.1, 0.15) is 5.52 Å². The Labute approximate surface area is 122 Å². The predicted octanol–water partition coefficient (Wildman–Crippen LogP) is 3.97. The van der Waals surface area contributed by atoms with Crippen LogP contribution in [0.15, 0.2) is 47.4 Å². The number of hydrogen-bond donors (Lipinski definition) is 1. The summed E-state index contributed by atoms with van der Waals surface area (Å²) in [5.41, 5.74) is -0.748. The molecule has 1 aromatic carbocycles. The highest BCUT2D eigenvalue weighted by molar-refractivity contribution is 7.20. The van der Waals surface area contributed by atoms with Gasteiger partial charge in [-0.2, -0.15) is 0 Å². The SMILES string of the molecule is O=c1c(-c2ccccc2C(F)F)c(O)sc2cccnc12. The maximum atomic E-state index is 13.1. The van der Waals surface area contributed by atoms with Crippen molar-refractivity contribution in [1.29, 1.82) is 0 Å². The lowest BCUT2D eigenvalue weighted by atomic mass is 10.0. The molecule has 0 saturated carbocycles. The van der Waals surface area contributed by atoms with E-state index in [2.05, 4.69) is 4.98 Å². The smallest absolute Gasteiger partial charge is 0.264 e. The van der Waals surface area contributed by atoms with Crippen molar-refractivity contribution in [2.45, 2.75) is 6.43 Å². The summed E-state index contributed by atoms with van der Waals surface area (Å²) in [7, 11) is 0. The highest BCUT2D eigenvalue weighted by Gasteiger charge is 2.20. The van der Waals surface area contributed by atoms with Crippen LogP contribution >= 0.6 is 11.3 Å². The van der Waals surface area contributed by atoms with Crippen molar-refractivity contribution in [1.82, 2.24) is 4.98 Å². The van der Waals surface area contributed by atoms with Crippen molar-refractivity contribution < 1.29 is 13.9 Å². The van der Waals surface area contributed by atoms with Gasteiger partial charge in [0.05, 0.1) is 10.3 Å². The van der Waals surface area contributed by atoms with E-state index in [1.165, 1.54) is 24.4 Å². The molecule has 0 radical (unpaired) electrons. The molecule has 0 saturated heterocycles. The molecule has 0 aliphatic rings. The second-order valence-electron chi connectivity index (χ2n) is 4.35. The van der Waals surface area contributed by atoms with Crippen LogP contribution in [0.4, 0.5) is 8.78 Å². The summed E-state index contributed by atoms with van der Waals surface area (Å²) in [5, 5.41) is 9.81. The number of aromatic hydroxyl groups is 1. The van der Waals surface area contributed by atoms with Crippen LogP contribution in [0, 0.1) is 0 Å². The van der Waals surface area contributed by atoms with Gasteiger partial charge in [-0.15, -0.1) is 0 Å². The van der Waals surface area contributed by atoms with Crippen LogP contribution in [-0.2, 0) is 0 Å². The third-order valence-corrected chi connectivity index (χ3v) is 4.05. The van der Waals surface area contributed by atoms with Gasteiger partial charge in [0, 0.05) is 11.8 Å². The number of fused-ring (bicyclic) bond motifs is 1. The summed E-state index contributed by atoms with van der Waals surface area (Å²) in [4.78, 5) is 16.4. The number of alkyl halides is 2. The number of benzene rings is 1. The minimum Gasteiger partial charge on any atom is -0.499 e. The largest absolute Gasteiger partial charge is 0.499 e. The van der Waals surface area contributed by atoms with Gasteiger partial charge in [-0.3, -0.25) is 9.78 Å². The van der Waals surface area contributed by atoms with E-state index in [1.54, 1.807) is 18.2 Å². The molecule has 2 aromatic heterocycles. The summed E-state index contributed by atoms with van der Waals surface area (Å²) in [6.07, 6.45) is -1.28. The van der Waals surface area contributed by atoms with Gasteiger partial charge >= 0.3 is 0 Å². The van der Waals surface area contributed by atoms with Crippen molar-refractivity contribution in [3.05, 3.63) is 58.4 Å². The molecule has 1 N–H and O–H groups in total. The molecule has 2 heterocycles. The molecule has 0 aliphatic carbocycles. The quantitative estimate of drug-likeness (QED) is 0.779. The van der Waals surface area contributed by atoms with E-state index in [4.69, 9.17) is 0 Å². The minimum atomic E-state index is -2.73. The Hall–Kier alpha value is -2.34. The lowest BCUT2D eigenvalue weighted by molar-refractivity contribution is 0.152. The predicted molar refractivity (Wildman–Crippen MR) is 77.9 cm³/mol. The van der Waals surface area contributed by atoms with Gasteiger partial charge in [0.2, 0.25) is 5.43 Å². The molecule has 6 heteroatoms. The molecule has 0 atom stereocenters. The fourth-order valence-corrected chi connectivity index (χ4v) is 3.07. The molecule has 106 valence electrons. The fourth-order valence-electron chi connectivity index (χ4n) is 2.17. The monoisotopic (exact) mass is 305 g/mol. The Kier molecular flexibility index (Phi) is 3.39. The fraction of sp³-hybridized carbons (Fsp3) is 0.0667. The zero-order valence-corrected chi connectivity index (χ0v) is 11.4. The Balaban J connectivity index is 2.39. The molecule has 3 rings (SSSR count). The summed E-state index contributed by atoms with van der Waals surface area (Å²) in [5.74, 6) is 0. The molecule has 0 fully saturated rings. The van der Waals surface area contributed by atoms with Gasteiger partial charge in [0.15, 0.2) is 5.06 Å². The van der Waals surface area contributed by atoms with E-state index in [9.17, 15) is 18.7 Å². The van der Waals surface area contributed by atoms with E-state index in [1.807, 2.05) is 0 Å². The van der Waals surface area contributed by atoms with E-state index >= 15 is 0 Å². The lowest BCUT2D eigenvalue weighted by Crippen LogP contribution is -2.07. The van der Waals surface area contributed by atoms with Gasteiger partial charge in [0.25, 0.3) is 6.43 Å². The van der Waals surface area contributed by atoms with Gasteiger partial charge < -0.3 is 5.11 Å². The first-order valence-corrected chi connectivity index (χ1v) is 6.89. The Morgan fingerprint density at radius 1 is 1.14 bits per heavy atom. The van der Waals surface area contributed by atoms with Crippen molar-refractivity contribution in [3.63, 3.8) is 0 Å². The van der Waals surface area contributed by atoms with E-state index in [0.29, 0.717) is 4.70 Å². The molecule has 21 heavy (non-hydrogen) atoms. The number of rotatable bonds is 2. The minimum absolute atomic E-state index is 0.0406. The average molecular weight is 305 g/mol. The number of nitrogens with zero attached hydrogens (tertiary/aromatic N) is 1. The zero-order valence-electron chi connectivity index (χ0n) is 10.6. The van der Waals surface area contributed by atoms with Crippen molar-refractivity contribution in [2.24, 2.45) is 0 Å². The number of halogens is 2. The van der Waals surface area contributed by atoms with Crippen LogP contribution in [0.2, 0.25) is 0 Å². The first-order chi connectivity index (χ1) is 10.1. The van der Waals surface area contributed by atoms with Crippen molar-refractivity contribution >= 4 is 21.6 Å². The molecule has 3 aromatic rings. The molecular weight excluding hydrogens is 296 g/mol. The molecule has 0 amide bonds. The van der Waals surface area contributed by atoms with Gasteiger partial charge in [-0.05, 0) is 17.7 Å². The molecule has 0 bridgehead atoms. The van der Waals surface area contributed by atoms with Gasteiger partial charge in [-0.25, -0.2) is 8.78 Å². The van der Waals surface area contributed by atoms with Crippen molar-refractivity contribution in [3.8, 4) is 16.2 Å². The van der Waals surface area contributed by atoms with E-state index in [0.717, 1.165) is 11.3 Å². The summed E-state index contributed by atoms with van der Waals surface area (Å²) >= 11 is 0.946. The second kappa shape index (κ2) is 5.21. The molecule has 0 unspecified atom stereocenters. The molecule has 0 aliphatic heterocycles. The van der Waals surface area contributed by atoms with Crippen LogP contribution in [0.5, 0.6) is 5.06 Å². The van der Waals surface area contributed by atoms with Crippen molar-refractivity contribution in [2.75, 3.05) is 0 Å². The van der Waals surface area contributed by atoms with E-state index < -0.39 is 11.9 Å². The summed E-state index contributed by atoms with van der Waals surface area (Å²) in [6, 6.07) is 8.95. The lowest BCUT2D eigenvalue weighted by Gasteiger charge is -2.10. The normalized spacial score (nSPS) is 11.2. The third kappa shape index (κ3) is 2.27. The number of aromatic nitrogens is 1. The first kappa shape index (κ1) is 13.6. The zero-order chi connectivity index (χ0) is 15.0. The highest BCUT2D eigenvalue weighted by atomic mass is 32.1. The third-order valence-electron chi connectivity index (χ3n) is 3.10. The summed E-state index contributed by atoms with van der Waals surface area (Å²) in [6.45, 7) is 0.